The Bertz CT molecular complexity index is 784. The van der Waals surface area contributed by atoms with E-state index < -0.39 is 0 Å². The molecule has 2 aromatic heterocycles. The smallest absolute Gasteiger partial charge is 0.128 e. The van der Waals surface area contributed by atoms with Crippen LogP contribution < -0.4 is 17.0 Å². The maximum Gasteiger partial charge on any atom is 0.128 e. The van der Waals surface area contributed by atoms with Crippen molar-refractivity contribution in [2.24, 2.45) is 5.84 Å². The minimum absolute atomic E-state index is 0.290. The second-order valence-electron chi connectivity index (χ2n) is 5.02. The minimum Gasteiger partial charge on any atom is -0.383 e. The van der Waals surface area contributed by atoms with Gasteiger partial charge in [-0.1, -0.05) is 24.3 Å². The van der Waals surface area contributed by atoms with Gasteiger partial charge in [-0.3, -0.25) is 10.8 Å². The van der Waals surface area contributed by atoms with E-state index in [9.17, 15) is 0 Å². The second-order valence-corrected chi connectivity index (χ2v) is 5.02. The van der Waals surface area contributed by atoms with E-state index in [1.54, 1.807) is 6.20 Å². The summed E-state index contributed by atoms with van der Waals surface area (Å²) >= 11 is 0. The summed E-state index contributed by atoms with van der Waals surface area (Å²) in [5.74, 6) is 6.18. The van der Waals surface area contributed by atoms with Crippen molar-refractivity contribution < 1.29 is 0 Å². The highest BCUT2D eigenvalue weighted by Gasteiger charge is 2.18. The third kappa shape index (κ3) is 2.56. The van der Waals surface area contributed by atoms with Crippen LogP contribution in [0.25, 0.3) is 10.9 Å². The van der Waals surface area contributed by atoms with Crippen molar-refractivity contribution in [1.29, 1.82) is 0 Å². The standard InChI is InChI=1S/C16H17N5/c1-10-8-12(16(17)19-9-10)15(21-18)14-7-6-11-4-2-3-5-13(11)20-14/h2-9,15,21H,18H2,1H3,(H2,17,19). The molecule has 0 amide bonds. The van der Waals surface area contributed by atoms with E-state index in [0.717, 1.165) is 27.7 Å². The number of benzene rings is 1. The van der Waals surface area contributed by atoms with E-state index in [4.69, 9.17) is 11.6 Å². The fourth-order valence-corrected chi connectivity index (χ4v) is 2.41. The zero-order valence-corrected chi connectivity index (χ0v) is 11.7. The van der Waals surface area contributed by atoms with E-state index in [-0.39, 0.29) is 6.04 Å². The number of rotatable bonds is 3. The number of hydrazine groups is 1. The van der Waals surface area contributed by atoms with Crippen LogP contribution in [0.2, 0.25) is 0 Å². The van der Waals surface area contributed by atoms with Gasteiger partial charge in [-0.15, -0.1) is 0 Å². The van der Waals surface area contributed by atoms with Crippen molar-refractivity contribution >= 4 is 16.7 Å². The van der Waals surface area contributed by atoms with Crippen LogP contribution in [0.5, 0.6) is 0 Å². The van der Waals surface area contributed by atoms with Gasteiger partial charge in [-0.25, -0.2) is 10.4 Å². The van der Waals surface area contributed by atoms with Crippen LogP contribution in [-0.2, 0) is 0 Å². The first kappa shape index (κ1) is 13.5. The molecule has 0 saturated carbocycles. The lowest BCUT2D eigenvalue weighted by Gasteiger charge is -2.18. The third-order valence-corrected chi connectivity index (χ3v) is 3.48. The van der Waals surface area contributed by atoms with Gasteiger partial charge in [0.2, 0.25) is 0 Å². The summed E-state index contributed by atoms with van der Waals surface area (Å²) in [5, 5.41) is 1.09. The first-order chi connectivity index (χ1) is 10.2. The van der Waals surface area contributed by atoms with E-state index in [0.29, 0.717) is 5.82 Å². The van der Waals surface area contributed by atoms with Crippen molar-refractivity contribution in [2.45, 2.75) is 13.0 Å². The number of nitrogens with one attached hydrogen (secondary N) is 1. The highest BCUT2D eigenvalue weighted by atomic mass is 15.2. The molecule has 3 rings (SSSR count). The molecule has 1 aromatic carbocycles. The van der Waals surface area contributed by atoms with Crippen LogP contribution in [0.3, 0.4) is 0 Å². The second kappa shape index (κ2) is 5.47. The summed E-state index contributed by atoms with van der Waals surface area (Å²) < 4.78 is 0. The predicted octanol–water partition coefficient (Wildman–Crippen LogP) is 2.07. The Morgan fingerprint density at radius 1 is 1.14 bits per heavy atom. The number of nitrogens with two attached hydrogens (primary N) is 2. The summed E-state index contributed by atoms with van der Waals surface area (Å²) in [5.41, 5.74) is 12.4. The quantitative estimate of drug-likeness (QED) is 0.504. The lowest BCUT2D eigenvalue weighted by atomic mass is 10.0. The number of pyridine rings is 2. The Labute approximate surface area is 123 Å². The molecule has 1 atom stereocenters. The van der Waals surface area contributed by atoms with Crippen molar-refractivity contribution in [1.82, 2.24) is 15.4 Å². The van der Waals surface area contributed by atoms with Crippen LogP contribution >= 0.6 is 0 Å². The number of para-hydroxylation sites is 1. The molecule has 21 heavy (non-hydrogen) atoms. The number of fused-ring (bicyclic) bond motifs is 1. The van der Waals surface area contributed by atoms with Gasteiger partial charge in [-0.2, -0.15) is 0 Å². The lowest BCUT2D eigenvalue weighted by molar-refractivity contribution is 0.622. The zero-order chi connectivity index (χ0) is 14.8. The molecule has 3 aromatic rings. The molecular formula is C16H17N5. The fraction of sp³-hybridized carbons (Fsp3) is 0.125. The van der Waals surface area contributed by atoms with Gasteiger partial charge < -0.3 is 5.73 Å². The summed E-state index contributed by atoms with van der Waals surface area (Å²) in [7, 11) is 0. The number of aryl methyl sites for hydroxylation is 1. The molecule has 5 N–H and O–H groups in total. The molecule has 0 aliphatic rings. The molecule has 0 aliphatic carbocycles. The first-order valence-corrected chi connectivity index (χ1v) is 6.73. The normalized spacial score (nSPS) is 12.5. The Hall–Kier alpha value is -2.50. The van der Waals surface area contributed by atoms with Gasteiger partial charge >= 0.3 is 0 Å². The molecule has 0 aliphatic heterocycles. The van der Waals surface area contributed by atoms with Gasteiger partial charge in [-0.05, 0) is 30.7 Å². The van der Waals surface area contributed by atoms with Gasteiger partial charge in [0.1, 0.15) is 5.82 Å². The highest BCUT2D eigenvalue weighted by molar-refractivity contribution is 5.78. The first-order valence-electron chi connectivity index (χ1n) is 6.73. The maximum absolute atomic E-state index is 5.98. The van der Waals surface area contributed by atoms with Crippen LogP contribution in [0.15, 0.2) is 48.7 Å². The van der Waals surface area contributed by atoms with Crippen LogP contribution in [0, 0.1) is 6.92 Å². The number of hydrogen-bond acceptors (Lipinski definition) is 5. The van der Waals surface area contributed by atoms with Crippen LogP contribution in [0.1, 0.15) is 22.9 Å². The number of nitrogens with zero attached hydrogens (tertiary/aromatic N) is 2. The molecule has 5 heteroatoms. The molecule has 5 nitrogen and oxygen atoms in total. The Balaban J connectivity index is 2.11. The average Bonchev–Trinajstić information content (AvgIpc) is 2.51. The largest absolute Gasteiger partial charge is 0.383 e. The van der Waals surface area contributed by atoms with E-state index in [2.05, 4.69) is 15.4 Å². The number of nitrogen functional groups attached to an aromatic ring is 1. The Kier molecular flexibility index (Phi) is 3.51. The minimum atomic E-state index is -0.290. The van der Waals surface area contributed by atoms with Gasteiger partial charge in [0.05, 0.1) is 17.3 Å². The van der Waals surface area contributed by atoms with Gasteiger partial charge in [0, 0.05) is 17.1 Å². The van der Waals surface area contributed by atoms with Gasteiger partial charge in [0.15, 0.2) is 0 Å². The monoisotopic (exact) mass is 279 g/mol. The molecule has 1 unspecified atom stereocenters. The predicted molar refractivity (Wildman–Crippen MR) is 84.3 cm³/mol. The van der Waals surface area contributed by atoms with E-state index in [1.807, 2.05) is 49.4 Å². The van der Waals surface area contributed by atoms with Crippen LogP contribution in [-0.4, -0.2) is 9.97 Å². The number of hydrogen-bond donors (Lipinski definition) is 3. The summed E-state index contributed by atoms with van der Waals surface area (Å²) in [4.78, 5) is 8.86. The molecule has 106 valence electrons. The topological polar surface area (TPSA) is 89.8 Å². The average molecular weight is 279 g/mol. The molecular weight excluding hydrogens is 262 g/mol. The SMILES string of the molecule is Cc1cnc(N)c(C(NN)c2ccc3ccccc3n2)c1. The molecule has 2 heterocycles. The summed E-state index contributed by atoms with van der Waals surface area (Å²) in [6.07, 6.45) is 1.74. The van der Waals surface area contributed by atoms with Crippen molar-refractivity contribution in [3.63, 3.8) is 0 Å². The van der Waals surface area contributed by atoms with E-state index >= 15 is 0 Å². The van der Waals surface area contributed by atoms with E-state index in [1.165, 1.54) is 0 Å². The Morgan fingerprint density at radius 3 is 2.76 bits per heavy atom. The highest BCUT2D eigenvalue weighted by Crippen LogP contribution is 2.26. The number of anilines is 1. The zero-order valence-electron chi connectivity index (χ0n) is 11.7. The van der Waals surface area contributed by atoms with Crippen molar-refractivity contribution in [3.05, 3.63) is 65.5 Å². The summed E-state index contributed by atoms with van der Waals surface area (Å²) in [6, 6.07) is 13.6. The molecule has 0 fully saturated rings. The molecule has 0 spiro atoms. The van der Waals surface area contributed by atoms with Crippen molar-refractivity contribution in [2.75, 3.05) is 5.73 Å². The molecule has 0 bridgehead atoms. The number of aromatic nitrogens is 2. The Morgan fingerprint density at radius 2 is 1.95 bits per heavy atom. The molecule has 0 saturated heterocycles. The summed E-state index contributed by atoms with van der Waals surface area (Å²) in [6.45, 7) is 1.97. The molecule has 0 radical (unpaired) electrons. The lowest BCUT2D eigenvalue weighted by Crippen LogP contribution is -2.30. The maximum atomic E-state index is 5.98. The van der Waals surface area contributed by atoms with Crippen LogP contribution in [0.4, 0.5) is 5.82 Å². The van der Waals surface area contributed by atoms with Crippen molar-refractivity contribution in [3.8, 4) is 0 Å². The third-order valence-electron chi connectivity index (χ3n) is 3.48. The fourth-order valence-electron chi connectivity index (χ4n) is 2.41. The van der Waals surface area contributed by atoms with Gasteiger partial charge in [0.25, 0.3) is 0 Å².